The van der Waals surface area contributed by atoms with Crippen molar-refractivity contribution >= 4 is 5.97 Å². The van der Waals surface area contributed by atoms with Crippen LogP contribution >= 0.6 is 0 Å². The quantitative estimate of drug-likeness (QED) is 0.160. The molecule has 3 nitrogen and oxygen atoms in total. The molecule has 1 aromatic carbocycles. The van der Waals surface area contributed by atoms with Crippen LogP contribution in [0.4, 0.5) is 0 Å². The Balaban J connectivity index is 2.44. The molecule has 0 saturated heterocycles. The zero-order chi connectivity index (χ0) is 27.0. The SMILES string of the molecule is CCCCCCCCCCCCCC(CC(CCOC(=O)c1ccc(O)cc1)C(C)(C)C)C(C)(C)C. The van der Waals surface area contributed by atoms with Gasteiger partial charge in [-0.2, -0.15) is 0 Å². The lowest BCUT2D eigenvalue weighted by molar-refractivity contribution is 0.0409. The maximum absolute atomic E-state index is 12.4. The summed E-state index contributed by atoms with van der Waals surface area (Å²) >= 11 is 0. The third kappa shape index (κ3) is 14.3. The van der Waals surface area contributed by atoms with Gasteiger partial charge in [-0.15, -0.1) is 0 Å². The summed E-state index contributed by atoms with van der Waals surface area (Å²) in [6.07, 6.45) is 18.6. The van der Waals surface area contributed by atoms with E-state index in [-0.39, 0.29) is 22.5 Å². The Bertz CT molecular complexity index is 693. The molecule has 3 heteroatoms. The van der Waals surface area contributed by atoms with Crippen molar-refractivity contribution in [2.45, 2.75) is 138 Å². The molecule has 0 aliphatic carbocycles. The molecular formula is C33H58O3. The second kappa shape index (κ2) is 17.1. The van der Waals surface area contributed by atoms with Crippen molar-refractivity contribution in [1.29, 1.82) is 0 Å². The van der Waals surface area contributed by atoms with Gasteiger partial charge in [0.1, 0.15) is 5.75 Å². The Morgan fingerprint density at radius 3 is 1.64 bits per heavy atom. The molecule has 36 heavy (non-hydrogen) atoms. The van der Waals surface area contributed by atoms with E-state index in [1.165, 1.54) is 95.6 Å². The van der Waals surface area contributed by atoms with Crippen LogP contribution in [0.1, 0.15) is 149 Å². The van der Waals surface area contributed by atoms with Crippen LogP contribution in [0.25, 0.3) is 0 Å². The minimum Gasteiger partial charge on any atom is -0.508 e. The van der Waals surface area contributed by atoms with Gasteiger partial charge in [-0.05, 0) is 66.2 Å². The third-order valence-corrected chi connectivity index (χ3v) is 7.98. The number of carbonyl (C=O) groups is 1. The summed E-state index contributed by atoms with van der Waals surface area (Å²) in [5, 5.41) is 9.43. The number of phenolic OH excluding ortho intramolecular Hbond substituents is 1. The number of esters is 1. The Morgan fingerprint density at radius 1 is 0.722 bits per heavy atom. The van der Waals surface area contributed by atoms with E-state index >= 15 is 0 Å². The van der Waals surface area contributed by atoms with Gasteiger partial charge >= 0.3 is 5.97 Å². The number of ether oxygens (including phenoxy) is 1. The minimum absolute atomic E-state index is 0.158. The minimum atomic E-state index is -0.309. The molecule has 0 saturated carbocycles. The number of phenols is 1. The smallest absolute Gasteiger partial charge is 0.338 e. The second-order valence-electron chi connectivity index (χ2n) is 13.2. The highest BCUT2D eigenvalue weighted by atomic mass is 16.5. The van der Waals surface area contributed by atoms with Crippen LogP contribution in [0.3, 0.4) is 0 Å². The Morgan fingerprint density at radius 2 is 1.17 bits per heavy atom. The van der Waals surface area contributed by atoms with Crippen molar-refractivity contribution in [2.75, 3.05) is 6.61 Å². The van der Waals surface area contributed by atoms with Crippen LogP contribution in [0.2, 0.25) is 0 Å². The van der Waals surface area contributed by atoms with Crippen LogP contribution in [0.5, 0.6) is 5.75 Å². The molecule has 0 aliphatic heterocycles. The summed E-state index contributed by atoms with van der Waals surface area (Å²) in [4.78, 5) is 12.4. The zero-order valence-corrected chi connectivity index (χ0v) is 24.8. The topological polar surface area (TPSA) is 46.5 Å². The molecule has 1 aromatic rings. The van der Waals surface area contributed by atoms with Gasteiger partial charge in [0.15, 0.2) is 0 Å². The molecular weight excluding hydrogens is 444 g/mol. The molecule has 0 amide bonds. The lowest BCUT2D eigenvalue weighted by Gasteiger charge is -2.39. The Kier molecular flexibility index (Phi) is 15.4. The Labute approximate surface area is 223 Å². The summed E-state index contributed by atoms with van der Waals surface area (Å²) in [7, 11) is 0. The van der Waals surface area contributed by atoms with Crippen molar-refractivity contribution in [3.63, 3.8) is 0 Å². The first kappa shape index (κ1) is 32.5. The molecule has 0 bridgehead atoms. The van der Waals surface area contributed by atoms with Gasteiger partial charge < -0.3 is 9.84 Å². The number of aromatic hydroxyl groups is 1. The monoisotopic (exact) mass is 502 g/mol. The molecule has 0 aromatic heterocycles. The fourth-order valence-electron chi connectivity index (χ4n) is 5.18. The van der Waals surface area contributed by atoms with Gasteiger partial charge in [0.2, 0.25) is 0 Å². The number of hydrogen-bond acceptors (Lipinski definition) is 3. The fourth-order valence-corrected chi connectivity index (χ4v) is 5.18. The number of benzene rings is 1. The van der Waals surface area contributed by atoms with E-state index in [9.17, 15) is 9.90 Å². The van der Waals surface area contributed by atoms with Crippen molar-refractivity contribution in [3.05, 3.63) is 29.8 Å². The lowest BCUT2D eigenvalue weighted by atomic mass is 9.67. The van der Waals surface area contributed by atoms with E-state index in [2.05, 4.69) is 48.5 Å². The summed E-state index contributed by atoms with van der Waals surface area (Å²) in [5.41, 5.74) is 0.945. The standard InChI is InChI=1S/C33H58O3/c1-8-9-10-11-12-13-14-15-16-17-18-19-28(32(2,3)4)26-29(33(5,6)7)24-25-36-31(35)27-20-22-30(34)23-21-27/h20-23,28-29,34H,8-19,24-26H2,1-7H3. The zero-order valence-electron chi connectivity index (χ0n) is 24.8. The average Bonchev–Trinajstić information content (AvgIpc) is 2.79. The van der Waals surface area contributed by atoms with Gasteiger partial charge in [0, 0.05) is 0 Å². The van der Waals surface area contributed by atoms with E-state index < -0.39 is 0 Å². The molecule has 1 N–H and O–H groups in total. The van der Waals surface area contributed by atoms with E-state index in [1.807, 2.05) is 0 Å². The van der Waals surface area contributed by atoms with E-state index in [0.29, 0.717) is 24.0 Å². The Hall–Kier alpha value is -1.51. The maximum Gasteiger partial charge on any atom is 0.338 e. The van der Waals surface area contributed by atoms with Gasteiger partial charge in [0.05, 0.1) is 12.2 Å². The molecule has 0 fully saturated rings. The molecule has 2 atom stereocenters. The predicted molar refractivity (Wildman–Crippen MR) is 155 cm³/mol. The van der Waals surface area contributed by atoms with E-state index in [0.717, 1.165) is 6.42 Å². The van der Waals surface area contributed by atoms with Crippen molar-refractivity contribution in [3.8, 4) is 5.75 Å². The average molecular weight is 503 g/mol. The highest BCUT2D eigenvalue weighted by Gasteiger charge is 2.32. The van der Waals surface area contributed by atoms with E-state index in [1.54, 1.807) is 12.1 Å². The van der Waals surface area contributed by atoms with Gasteiger partial charge in [-0.1, -0.05) is 119 Å². The predicted octanol–water partition coefficient (Wildman–Crippen LogP) is 10.4. The van der Waals surface area contributed by atoms with Gasteiger partial charge in [-0.3, -0.25) is 0 Å². The van der Waals surface area contributed by atoms with Crippen molar-refractivity contribution < 1.29 is 14.6 Å². The fraction of sp³-hybridized carbons (Fsp3) is 0.788. The van der Waals surface area contributed by atoms with Gasteiger partial charge in [0.25, 0.3) is 0 Å². The summed E-state index contributed by atoms with van der Waals surface area (Å²) in [5.74, 6) is 1.02. The number of hydrogen-bond donors (Lipinski definition) is 1. The largest absolute Gasteiger partial charge is 0.508 e. The molecule has 208 valence electrons. The summed E-state index contributed by atoms with van der Waals surface area (Å²) in [6.45, 7) is 16.9. The van der Waals surface area contributed by atoms with Crippen LogP contribution in [-0.4, -0.2) is 17.7 Å². The summed E-state index contributed by atoms with van der Waals surface area (Å²) < 4.78 is 5.61. The molecule has 0 heterocycles. The van der Waals surface area contributed by atoms with Crippen LogP contribution in [0, 0.1) is 22.7 Å². The third-order valence-electron chi connectivity index (χ3n) is 7.98. The van der Waals surface area contributed by atoms with E-state index in [4.69, 9.17) is 4.74 Å². The molecule has 2 unspecified atom stereocenters. The number of unbranched alkanes of at least 4 members (excludes halogenated alkanes) is 10. The highest BCUT2D eigenvalue weighted by Crippen LogP contribution is 2.41. The first-order chi connectivity index (χ1) is 16.9. The van der Waals surface area contributed by atoms with Crippen molar-refractivity contribution in [1.82, 2.24) is 0 Å². The first-order valence-corrected chi connectivity index (χ1v) is 14.9. The second-order valence-corrected chi connectivity index (χ2v) is 13.2. The van der Waals surface area contributed by atoms with Crippen LogP contribution in [0.15, 0.2) is 24.3 Å². The number of rotatable bonds is 18. The first-order valence-electron chi connectivity index (χ1n) is 14.9. The van der Waals surface area contributed by atoms with Gasteiger partial charge in [-0.25, -0.2) is 4.79 Å². The summed E-state index contributed by atoms with van der Waals surface area (Å²) in [6, 6.07) is 6.28. The normalized spacial score (nSPS) is 14.0. The van der Waals surface area contributed by atoms with Crippen LogP contribution < -0.4 is 0 Å². The van der Waals surface area contributed by atoms with Crippen molar-refractivity contribution in [2.24, 2.45) is 22.7 Å². The molecule has 0 radical (unpaired) electrons. The maximum atomic E-state index is 12.4. The lowest BCUT2D eigenvalue weighted by Crippen LogP contribution is -2.30. The molecule has 0 aliphatic rings. The number of carbonyl (C=O) groups excluding carboxylic acids is 1. The highest BCUT2D eigenvalue weighted by molar-refractivity contribution is 5.89. The van der Waals surface area contributed by atoms with Crippen LogP contribution in [-0.2, 0) is 4.74 Å². The molecule has 0 spiro atoms. The molecule has 1 rings (SSSR count).